The van der Waals surface area contributed by atoms with Gasteiger partial charge >= 0.3 is 0 Å². The monoisotopic (exact) mass is 158 g/mol. The number of rotatable bonds is 6. The van der Waals surface area contributed by atoms with Gasteiger partial charge in [-0.25, -0.2) is 0 Å². The van der Waals surface area contributed by atoms with Crippen LogP contribution in [0.15, 0.2) is 0 Å². The molecule has 0 radical (unpaired) electrons. The number of unbranched alkanes of at least 4 members (excludes halogenated alkanes) is 3. The fourth-order valence-corrected chi connectivity index (χ4v) is 1.35. The van der Waals surface area contributed by atoms with E-state index in [9.17, 15) is 0 Å². The van der Waals surface area contributed by atoms with E-state index in [1.54, 1.807) is 0 Å². The van der Waals surface area contributed by atoms with Gasteiger partial charge in [0.1, 0.15) is 0 Å². The normalized spacial score (nSPS) is 18.3. The zero-order valence-electron chi connectivity index (χ0n) is 7.09. The Morgan fingerprint density at radius 3 is 2.36 bits per heavy atom. The summed E-state index contributed by atoms with van der Waals surface area (Å²) in [5.74, 6) is 0.851. The number of hydrogen-bond acceptors (Lipinski definition) is 2. The maximum atomic E-state index is 8.51. The Morgan fingerprint density at radius 1 is 1.09 bits per heavy atom. The van der Waals surface area contributed by atoms with Gasteiger partial charge in [-0.3, -0.25) is 0 Å². The van der Waals surface area contributed by atoms with Gasteiger partial charge in [0.05, 0.1) is 13.2 Å². The summed E-state index contributed by atoms with van der Waals surface area (Å²) in [5.41, 5.74) is 0. The SMILES string of the molecule is OCCCCCCC1COC1. The van der Waals surface area contributed by atoms with E-state index < -0.39 is 0 Å². The van der Waals surface area contributed by atoms with Crippen molar-refractivity contribution in [2.24, 2.45) is 5.92 Å². The summed E-state index contributed by atoms with van der Waals surface area (Å²) >= 11 is 0. The minimum Gasteiger partial charge on any atom is -0.396 e. The van der Waals surface area contributed by atoms with Crippen LogP contribution in [-0.4, -0.2) is 24.9 Å². The standard InChI is InChI=1S/C9H18O2/c10-6-4-2-1-3-5-9-7-11-8-9/h9-10H,1-8H2. The first-order valence-electron chi connectivity index (χ1n) is 4.62. The zero-order chi connectivity index (χ0) is 7.94. The first-order valence-corrected chi connectivity index (χ1v) is 4.62. The van der Waals surface area contributed by atoms with E-state index in [1.807, 2.05) is 0 Å². The van der Waals surface area contributed by atoms with Crippen molar-refractivity contribution in [2.45, 2.75) is 32.1 Å². The lowest BCUT2D eigenvalue weighted by Gasteiger charge is -2.25. The molecule has 0 saturated carbocycles. The molecule has 0 atom stereocenters. The Morgan fingerprint density at radius 2 is 1.82 bits per heavy atom. The quantitative estimate of drug-likeness (QED) is 0.595. The van der Waals surface area contributed by atoms with E-state index in [2.05, 4.69) is 0 Å². The van der Waals surface area contributed by atoms with Crippen LogP contribution in [0.5, 0.6) is 0 Å². The fourth-order valence-electron chi connectivity index (χ4n) is 1.35. The molecule has 0 aromatic rings. The summed E-state index contributed by atoms with van der Waals surface area (Å²) in [6, 6.07) is 0. The molecule has 0 aliphatic carbocycles. The highest BCUT2D eigenvalue weighted by atomic mass is 16.5. The molecule has 66 valence electrons. The Labute approximate surface area is 68.6 Å². The van der Waals surface area contributed by atoms with Crippen LogP contribution in [0.4, 0.5) is 0 Å². The van der Waals surface area contributed by atoms with E-state index in [1.165, 1.54) is 25.7 Å². The number of hydrogen-bond donors (Lipinski definition) is 1. The fraction of sp³-hybridized carbons (Fsp3) is 1.00. The van der Waals surface area contributed by atoms with Gasteiger partial charge in [0.15, 0.2) is 0 Å². The molecule has 0 bridgehead atoms. The smallest absolute Gasteiger partial charge is 0.0516 e. The van der Waals surface area contributed by atoms with Crippen molar-refractivity contribution in [3.63, 3.8) is 0 Å². The molecule has 1 aliphatic heterocycles. The van der Waals surface area contributed by atoms with Crippen molar-refractivity contribution >= 4 is 0 Å². The van der Waals surface area contributed by atoms with Gasteiger partial charge in [-0.1, -0.05) is 19.3 Å². The van der Waals surface area contributed by atoms with Crippen LogP contribution in [0.2, 0.25) is 0 Å². The maximum Gasteiger partial charge on any atom is 0.0516 e. The highest BCUT2D eigenvalue weighted by Crippen LogP contribution is 2.17. The van der Waals surface area contributed by atoms with Crippen LogP contribution >= 0.6 is 0 Å². The second-order valence-electron chi connectivity index (χ2n) is 3.33. The lowest BCUT2D eigenvalue weighted by Crippen LogP contribution is -2.27. The van der Waals surface area contributed by atoms with Crippen molar-refractivity contribution in [1.29, 1.82) is 0 Å². The molecule has 2 heteroatoms. The van der Waals surface area contributed by atoms with Crippen LogP contribution in [0.25, 0.3) is 0 Å². The van der Waals surface area contributed by atoms with E-state index >= 15 is 0 Å². The van der Waals surface area contributed by atoms with Crippen molar-refractivity contribution in [1.82, 2.24) is 0 Å². The molecule has 1 N–H and O–H groups in total. The summed E-state index contributed by atoms with van der Waals surface area (Å²) in [7, 11) is 0. The Kier molecular flexibility index (Phi) is 4.55. The summed E-state index contributed by atoms with van der Waals surface area (Å²) in [4.78, 5) is 0. The van der Waals surface area contributed by atoms with Gasteiger partial charge in [-0.05, 0) is 12.8 Å². The van der Waals surface area contributed by atoms with Crippen LogP contribution < -0.4 is 0 Å². The van der Waals surface area contributed by atoms with Crippen LogP contribution in [0.3, 0.4) is 0 Å². The molecule has 11 heavy (non-hydrogen) atoms. The summed E-state index contributed by atoms with van der Waals surface area (Å²) in [6.07, 6.45) is 6.07. The molecule has 0 aromatic heterocycles. The molecule has 0 aromatic carbocycles. The first-order chi connectivity index (χ1) is 5.43. The summed E-state index contributed by atoms with van der Waals surface area (Å²) in [5, 5.41) is 8.51. The third-order valence-corrected chi connectivity index (χ3v) is 2.23. The second-order valence-corrected chi connectivity index (χ2v) is 3.33. The second kappa shape index (κ2) is 5.56. The van der Waals surface area contributed by atoms with E-state index in [0.29, 0.717) is 6.61 Å². The van der Waals surface area contributed by atoms with Gasteiger partial charge in [-0.2, -0.15) is 0 Å². The average Bonchev–Trinajstić information content (AvgIpc) is 1.93. The molecule has 1 rings (SSSR count). The lowest BCUT2D eigenvalue weighted by molar-refractivity contribution is -0.0364. The van der Waals surface area contributed by atoms with E-state index in [-0.39, 0.29) is 0 Å². The van der Waals surface area contributed by atoms with Crippen molar-refractivity contribution in [3.05, 3.63) is 0 Å². The largest absolute Gasteiger partial charge is 0.396 e. The minimum absolute atomic E-state index is 0.354. The Hall–Kier alpha value is -0.0800. The molecule has 1 heterocycles. The predicted molar refractivity (Wildman–Crippen MR) is 44.5 cm³/mol. The molecular weight excluding hydrogens is 140 g/mol. The summed E-state index contributed by atoms with van der Waals surface area (Å²) in [6.45, 7) is 2.33. The molecule has 2 nitrogen and oxygen atoms in total. The molecule has 1 fully saturated rings. The van der Waals surface area contributed by atoms with Crippen molar-refractivity contribution in [2.75, 3.05) is 19.8 Å². The molecular formula is C9H18O2. The number of aliphatic hydroxyl groups excluding tert-OH is 1. The van der Waals surface area contributed by atoms with Gasteiger partial charge in [0, 0.05) is 12.5 Å². The minimum atomic E-state index is 0.354. The van der Waals surface area contributed by atoms with Crippen molar-refractivity contribution in [3.8, 4) is 0 Å². The summed E-state index contributed by atoms with van der Waals surface area (Å²) < 4.78 is 5.07. The topological polar surface area (TPSA) is 29.5 Å². The predicted octanol–water partition coefficient (Wildman–Crippen LogP) is 1.58. The highest BCUT2D eigenvalue weighted by Gasteiger charge is 2.16. The molecule has 0 unspecified atom stereocenters. The van der Waals surface area contributed by atoms with E-state index in [0.717, 1.165) is 25.6 Å². The van der Waals surface area contributed by atoms with Gasteiger partial charge in [0.25, 0.3) is 0 Å². The van der Waals surface area contributed by atoms with Gasteiger partial charge in [-0.15, -0.1) is 0 Å². The van der Waals surface area contributed by atoms with Crippen LogP contribution in [0.1, 0.15) is 32.1 Å². The van der Waals surface area contributed by atoms with Gasteiger partial charge < -0.3 is 9.84 Å². The van der Waals surface area contributed by atoms with Gasteiger partial charge in [0.2, 0.25) is 0 Å². The third-order valence-electron chi connectivity index (χ3n) is 2.23. The number of ether oxygens (including phenoxy) is 1. The Bertz CT molecular complexity index is 89.6. The molecule has 0 spiro atoms. The molecule has 1 saturated heterocycles. The molecule has 0 amide bonds. The third kappa shape index (κ3) is 3.73. The van der Waals surface area contributed by atoms with Crippen molar-refractivity contribution < 1.29 is 9.84 Å². The number of aliphatic hydroxyl groups is 1. The first kappa shape index (κ1) is 9.01. The highest BCUT2D eigenvalue weighted by molar-refractivity contribution is 4.64. The van der Waals surface area contributed by atoms with E-state index in [4.69, 9.17) is 9.84 Å². The maximum absolute atomic E-state index is 8.51. The lowest BCUT2D eigenvalue weighted by atomic mass is 9.99. The average molecular weight is 158 g/mol. The molecule has 1 aliphatic rings. The van der Waals surface area contributed by atoms with Crippen LogP contribution in [0, 0.1) is 5.92 Å². The zero-order valence-corrected chi connectivity index (χ0v) is 7.09. The van der Waals surface area contributed by atoms with Crippen LogP contribution in [-0.2, 0) is 4.74 Å². The Balaban J connectivity index is 1.73.